The van der Waals surface area contributed by atoms with Gasteiger partial charge in [-0.3, -0.25) is 9.98 Å². The Morgan fingerprint density at radius 1 is 0.586 bits per heavy atom. The summed E-state index contributed by atoms with van der Waals surface area (Å²) in [6.07, 6.45) is 5.93. The highest BCUT2D eigenvalue weighted by molar-refractivity contribution is 5.93. The first-order valence-electron chi connectivity index (χ1n) is 11.4. The monoisotopic (exact) mass is 386 g/mol. The highest BCUT2D eigenvalue weighted by atomic mass is 14.8. The van der Waals surface area contributed by atoms with Gasteiger partial charge in [-0.15, -0.1) is 0 Å². The fourth-order valence-corrected chi connectivity index (χ4v) is 5.03. The van der Waals surface area contributed by atoms with Gasteiger partial charge < -0.3 is 0 Å². The minimum Gasteiger partial charge on any atom is -0.257 e. The predicted octanol–water partition coefficient (Wildman–Crippen LogP) is 7.55. The van der Waals surface area contributed by atoms with Crippen molar-refractivity contribution < 1.29 is 0 Å². The Bertz CT molecular complexity index is 824. The molecule has 2 aliphatic carbocycles. The summed E-state index contributed by atoms with van der Waals surface area (Å²) >= 11 is 0. The number of aliphatic imine (C=N–C) groups is 2. The van der Waals surface area contributed by atoms with E-state index in [1.807, 2.05) is 0 Å². The summed E-state index contributed by atoms with van der Waals surface area (Å²) in [5.74, 6) is 2.40. The molecule has 4 unspecified atom stereocenters. The largest absolute Gasteiger partial charge is 0.257 e. The fourth-order valence-electron chi connectivity index (χ4n) is 5.03. The van der Waals surface area contributed by atoms with Gasteiger partial charge in [0.05, 0.1) is 11.4 Å². The average Bonchev–Trinajstić information content (AvgIpc) is 3.21. The van der Waals surface area contributed by atoms with Crippen LogP contribution < -0.4 is 0 Å². The Kier molecular flexibility index (Phi) is 5.99. The lowest BCUT2D eigenvalue weighted by Crippen LogP contribution is -2.09. The molecule has 2 nitrogen and oxygen atoms in total. The van der Waals surface area contributed by atoms with Gasteiger partial charge in [0, 0.05) is 17.8 Å². The van der Waals surface area contributed by atoms with Gasteiger partial charge in [-0.25, -0.2) is 0 Å². The maximum Gasteiger partial charge on any atom is 0.0664 e. The molecule has 0 saturated heterocycles. The van der Waals surface area contributed by atoms with Crippen LogP contribution in [0.4, 0.5) is 11.4 Å². The van der Waals surface area contributed by atoms with E-state index in [0.29, 0.717) is 23.7 Å². The second-order valence-electron chi connectivity index (χ2n) is 9.27. The number of para-hydroxylation sites is 2. The Morgan fingerprint density at radius 3 is 1.31 bits per heavy atom. The number of benzene rings is 2. The molecule has 2 fully saturated rings. The normalized spacial score (nSPS) is 26.8. The molecular formula is C27H34N2. The van der Waals surface area contributed by atoms with Gasteiger partial charge in [-0.05, 0) is 72.6 Å². The second kappa shape index (κ2) is 8.65. The minimum atomic E-state index is 0.599. The fraction of sp³-hybridized carbons (Fsp3) is 0.481. The SMILES string of the molecule is CC1CCC(C)C1=Nc1ccccc1Cc1ccccc1N=C1C(C)CCC1C. The summed E-state index contributed by atoms with van der Waals surface area (Å²) in [5, 5.41) is 0. The van der Waals surface area contributed by atoms with Gasteiger partial charge in [0.25, 0.3) is 0 Å². The highest BCUT2D eigenvalue weighted by Gasteiger charge is 2.26. The van der Waals surface area contributed by atoms with Crippen LogP contribution in [0.3, 0.4) is 0 Å². The number of hydrogen-bond donors (Lipinski definition) is 0. The first-order chi connectivity index (χ1) is 14.0. The van der Waals surface area contributed by atoms with Gasteiger partial charge >= 0.3 is 0 Å². The van der Waals surface area contributed by atoms with Crippen LogP contribution in [0, 0.1) is 23.7 Å². The van der Waals surface area contributed by atoms with E-state index < -0.39 is 0 Å². The molecule has 4 rings (SSSR count). The van der Waals surface area contributed by atoms with E-state index in [9.17, 15) is 0 Å². The van der Waals surface area contributed by atoms with Gasteiger partial charge in [0.1, 0.15) is 0 Å². The van der Waals surface area contributed by atoms with Gasteiger partial charge in [0.15, 0.2) is 0 Å². The van der Waals surface area contributed by atoms with Crippen molar-refractivity contribution in [3.05, 3.63) is 59.7 Å². The van der Waals surface area contributed by atoms with E-state index in [-0.39, 0.29) is 0 Å². The molecule has 0 N–H and O–H groups in total. The summed E-state index contributed by atoms with van der Waals surface area (Å²) in [4.78, 5) is 10.3. The first-order valence-corrected chi connectivity index (χ1v) is 11.4. The van der Waals surface area contributed by atoms with E-state index >= 15 is 0 Å². The van der Waals surface area contributed by atoms with Gasteiger partial charge in [0.2, 0.25) is 0 Å². The molecule has 0 heterocycles. The number of hydrogen-bond acceptors (Lipinski definition) is 2. The topological polar surface area (TPSA) is 24.7 Å². The van der Waals surface area contributed by atoms with Crippen molar-refractivity contribution in [1.29, 1.82) is 0 Å². The van der Waals surface area contributed by atoms with Gasteiger partial charge in [-0.1, -0.05) is 64.1 Å². The molecule has 0 radical (unpaired) electrons. The third-order valence-electron chi connectivity index (χ3n) is 6.95. The van der Waals surface area contributed by atoms with Crippen LogP contribution in [0.25, 0.3) is 0 Å². The molecule has 29 heavy (non-hydrogen) atoms. The van der Waals surface area contributed by atoms with Crippen LogP contribution >= 0.6 is 0 Å². The molecule has 152 valence electrons. The summed E-state index contributed by atoms with van der Waals surface area (Å²) in [6, 6.07) is 17.3. The Labute approximate surface area is 176 Å². The average molecular weight is 387 g/mol. The third kappa shape index (κ3) is 4.37. The van der Waals surface area contributed by atoms with E-state index in [1.165, 1.54) is 48.2 Å². The molecule has 2 aromatic carbocycles. The molecule has 0 amide bonds. The van der Waals surface area contributed by atoms with Crippen molar-refractivity contribution in [3.8, 4) is 0 Å². The van der Waals surface area contributed by atoms with Crippen molar-refractivity contribution in [2.75, 3.05) is 0 Å². The summed E-state index contributed by atoms with van der Waals surface area (Å²) in [5.41, 5.74) is 7.61. The van der Waals surface area contributed by atoms with E-state index in [1.54, 1.807) is 0 Å². The summed E-state index contributed by atoms with van der Waals surface area (Å²) in [6.45, 7) is 9.28. The molecule has 2 heteroatoms. The zero-order chi connectivity index (χ0) is 20.4. The van der Waals surface area contributed by atoms with E-state index in [2.05, 4.69) is 76.2 Å². The van der Waals surface area contributed by atoms with Crippen LogP contribution in [0.5, 0.6) is 0 Å². The van der Waals surface area contributed by atoms with Crippen LogP contribution in [0.1, 0.15) is 64.5 Å². The van der Waals surface area contributed by atoms with Crippen molar-refractivity contribution in [3.63, 3.8) is 0 Å². The maximum atomic E-state index is 5.15. The van der Waals surface area contributed by atoms with Crippen LogP contribution in [0.2, 0.25) is 0 Å². The predicted molar refractivity (Wildman–Crippen MR) is 125 cm³/mol. The lowest BCUT2D eigenvalue weighted by molar-refractivity contribution is 0.677. The molecule has 2 aliphatic rings. The van der Waals surface area contributed by atoms with Crippen LogP contribution in [-0.2, 0) is 6.42 Å². The lowest BCUT2D eigenvalue weighted by Gasteiger charge is -2.14. The molecule has 2 aromatic rings. The van der Waals surface area contributed by atoms with Crippen molar-refractivity contribution in [2.45, 2.75) is 59.8 Å². The third-order valence-corrected chi connectivity index (χ3v) is 6.95. The molecular weight excluding hydrogens is 352 g/mol. The van der Waals surface area contributed by atoms with Crippen molar-refractivity contribution >= 4 is 22.8 Å². The van der Waals surface area contributed by atoms with Gasteiger partial charge in [-0.2, -0.15) is 0 Å². The molecule has 0 aromatic heterocycles. The zero-order valence-electron chi connectivity index (χ0n) is 18.4. The Morgan fingerprint density at radius 2 is 0.931 bits per heavy atom. The van der Waals surface area contributed by atoms with E-state index in [0.717, 1.165) is 17.8 Å². The number of rotatable bonds is 4. The molecule has 4 atom stereocenters. The van der Waals surface area contributed by atoms with Crippen molar-refractivity contribution in [2.24, 2.45) is 33.7 Å². The molecule has 0 spiro atoms. The van der Waals surface area contributed by atoms with Crippen LogP contribution in [0.15, 0.2) is 58.5 Å². The Balaban J connectivity index is 1.67. The minimum absolute atomic E-state index is 0.599. The maximum absolute atomic E-state index is 5.15. The first kappa shape index (κ1) is 20.1. The lowest BCUT2D eigenvalue weighted by atomic mass is 10.00. The zero-order valence-corrected chi connectivity index (χ0v) is 18.4. The standard InChI is InChI=1S/C27H34N2/c1-18-13-14-19(2)26(18)28-24-11-7-5-9-22(24)17-23-10-6-8-12-25(23)29-27-20(3)15-16-21(27)4/h5-12,18-21H,13-17H2,1-4H3. The Hall–Kier alpha value is -2.22. The van der Waals surface area contributed by atoms with Crippen LogP contribution in [-0.4, -0.2) is 11.4 Å². The summed E-state index contributed by atoms with van der Waals surface area (Å²) in [7, 11) is 0. The molecule has 0 aliphatic heterocycles. The quantitative estimate of drug-likeness (QED) is 0.518. The molecule has 0 bridgehead atoms. The van der Waals surface area contributed by atoms with E-state index in [4.69, 9.17) is 9.98 Å². The molecule has 2 saturated carbocycles. The number of nitrogens with zero attached hydrogens (tertiary/aromatic N) is 2. The second-order valence-corrected chi connectivity index (χ2v) is 9.27. The smallest absolute Gasteiger partial charge is 0.0664 e. The summed E-state index contributed by atoms with van der Waals surface area (Å²) < 4.78 is 0. The highest BCUT2D eigenvalue weighted by Crippen LogP contribution is 2.34. The van der Waals surface area contributed by atoms with Crippen molar-refractivity contribution in [1.82, 2.24) is 0 Å².